The highest BCUT2D eigenvalue weighted by molar-refractivity contribution is 6.09. The molecule has 114 valence electrons. The average Bonchev–Trinajstić information content (AvgIpc) is 2.54. The fourth-order valence-electron chi connectivity index (χ4n) is 1.98. The van der Waals surface area contributed by atoms with Crippen molar-refractivity contribution in [2.75, 3.05) is 26.5 Å². The molecule has 0 saturated heterocycles. The van der Waals surface area contributed by atoms with Gasteiger partial charge < -0.3 is 15.0 Å². The van der Waals surface area contributed by atoms with Crippen molar-refractivity contribution in [2.45, 2.75) is 0 Å². The lowest BCUT2D eigenvalue weighted by atomic mass is 10.1. The summed E-state index contributed by atoms with van der Waals surface area (Å²) < 4.78 is 5.11. The van der Waals surface area contributed by atoms with E-state index in [0.717, 1.165) is 0 Å². The number of ether oxygens (including phenoxy) is 1. The Kier molecular flexibility index (Phi) is 4.78. The second kappa shape index (κ2) is 6.76. The minimum Gasteiger partial charge on any atom is -0.497 e. The Bertz CT molecular complexity index is 696. The molecule has 0 saturated carbocycles. The van der Waals surface area contributed by atoms with E-state index in [0.29, 0.717) is 22.6 Å². The monoisotopic (exact) mass is 298 g/mol. The van der Waals surface area contributed by atoms with Crippen LogP contribution < -0.4 is 10.1 Å². The zero-order valence-electron chi connectivity index (χ0n) is 12.8. The predicted molar refractivity (Wildman–Crippen MR) is 85.4 cm³/mol. The van der Waals surface area contributed by atoms with E-state index in [2.05, 4.69) is 5.32 Å². The van der Waals surface area contributed by atoms with Gasteiger partial charge in [0.1, 0.15) is 5.75 Å². The van der Waals surface area contributed by atoms with E-state index in [-0.39, 0.29) is 11.8 Å². The molecule has 22 heavy (non-hydrogen) atoms. The molecule has 1 N–H and O–H groups in total. The summed E-state index contributed by atoms with van der Waals surface area (Å²) in [7, 11) is 4.88. The summed E-state index contributed by atoms with van der Waals surface area (Å²) in [5.41, 5.74) is 1.39. The molecule has 0 aliphatic heterocycles. The molecule has 0 heterocycles. The standard InChI is InChI=1S/C17H18N2O3/c1-19(2)17(21)14-9-4-5-10-15(14)18-16(20)12-7-6-8-13(11-12)22-3/h4-11H,1-3H3,(H,18,20). The van der Waals surface area contributed by atoms with Gasteiger partial charge in [-0.25, -0.2) is 0 Å². The van der Waals surface area contributed by atoms with Gasteiger partial charge in [0.05, 0.1) is 18.4 Å². The Morgan fingerprint density at radius 2 is 1.77 bits per heavy atom. The third kappa shape index (κ3) is 3.44. The van der Waals surface area contributed by atoms with E-state index >= 15 is 0 Å². The average molecular weight is 298 g/mol. The third-order valence-corrected chi connectivity index (χ3v) is 3.14. The number of carbonyl (C=O) groups is 2. The first kappa shape index (κ1) is 15.6. The van der Waals surface area contributed by atoms with E-state index in [9.17, 15) is 9.59 Å². The van der Waals surface area contributed by atoms with Crippen molar-refractivity contribution in [1.29, 1.82) is 0 Å². The Labute approximate surface area is 129 Å². The Hall–Kier alpha value is -2.82. The van der Waals surface area contributed by atoms with Crippen LogP contribution in [-0.2, 0) is 0 Å². The van der Waals surface area contributed by atoms with Crippen LogP contribution in [0, 0.1) is 0 Å². The zero-order chi connectivity index (χ0) is 16.1. The summed E-state index contributed by atoms with van der Waals surface area (Å²) in [6, 6.07) is 13.8. The lowest BCUT2D eigenvalue weighted by Gasteiger charge is -2.14. The van der Waals surface area contributed by atoms with Gasteiger partial charge in [-0.05, 0) is 30.3 Å². The number of amides is 2. The van der Waals surface area contributed by atoms with E-state index in [1.165, 1.54) is 4.90 Å². The van der Waals surface area contributed by atoms with Gasteiger partial charge in [-0.15, -0.1) is 0 Å². The van der Waals surface area contributed by atoms with Crippen molar-refractivity contribution < 1.29 is 14.3 Å². The molecule has 0 atom stereocenters. The second-order valence-electron chi connectivity index (χ2n) is 4.93. The number of nitrogens with one attached hydrogen (secondary N) is 1. The van der Waals surface area contributed by atoms with Crippen LogP contribution in [0.5, 0.6) is 5.75 Å². The molecular weight excluding hydrogens is 280 g/mol. The van der Waals surface area contributed by atoms with Gasteiger partial charge in [0.15, 0.2) is 0 Å². The van der Waals surface area contributed by atoms with Gasteiger partial charge in [0, 0.05) is 19.7 Å². The lowest BCUT2D eigenvalue weighted by molar-refractivity contribution is 0.0828. The first-order valence-corrected chi connectivity index (χ1v) is 6.79. The smallest absolute Gasteiger partial charge is 0.255 e. The quantitative estimate of drug-likeness (QED) is 0.944. The highest BCUT2D eigenvalue weighted by Gasteiger charge is 2.15. The maximum Gasteiger partial charge on any atom is 0.255 e. The summed E-state index contributed by atoms with van der Waals surface area (Å²) in [5, 5.41) is 2.77. The van der Waals surface area contributed by atoms with Crippen LogP contribution in [0.3, 0.4) is 0 Å². The molecule has 5 heteroatoms. The van der Waals surface area contributed by atoms with E-state index in [1.54, 1.807) is 69.7 Å². The van der Waals surface area contributed by atoms with Gasteiger partial charge in [-0.2, -0.15) is 0 Å². The van der Waals surface area contributed by atoms with Crippen LogP contribution in [0.2, 0.25) is 0 Å². The van der Waals surface area contributed by atoms with E-state index in [4.69, 9.17) is 4.74 Å². The van der Waals surface area contributed by atoms with Gasteiger partial charge in [0.25, 0.3) is 11.8 Å². The topological polar surface area (TPSA) is 58.6 Å². The number of nitrogens with zero attached hydrogens (tertiary/aromatic N) is 1. The van der Waals surface area contributed by atoms with Gasteiger partial charge in [0.2, 0.25) is 0 Å². The predicted octanol–water partition coefficient (Wildman–Crippen LogP) is 2.65. The molecule has 0 radical (unpaired) electrons. The van der Waals surface area contributed by atoms with E-state index < -0.39 is 0 Å². The molecule has 0 aliphatic carbocycles. The second-order valence-corrected chi connectivity index (χ2v) is 4.93. The number of anilines is 1. The van der Waals surface area contributed by atoms with E-state index in [1.807, 2.05) is 0 Å². The summed E-state index contributed by atoms with van der Waals surface area (Å²) in [6.45, 7) is 0. The maximum atomic E-state index is 12.3. The lowest BCUT2D eigenvalue weighted by Crippen LogP contribution is -2.24. The molecule has 0 bridgehead atoms. The summed E-state index contributed by atoms with van der Waals surface area (Å²) in [6.07, 6.45) is 0. The minimum absolute atomic E-state index is 0.165. The number of methoxy groups -OCH3 is 1. The summed E-state index contributed by atoms with van der Waals surface area (Å²) >= 11 is 0. The van der Waals surface area contributed by atoms with Crippen molar-refractivity contribution >= 4 is 17.5 Å². The Balaban J connectivity index is 2.27. The number of rotatable bonds is 4. The first-order chi connectivity index (χ1) is 10.5. The highest BCUT2D eigenvalue weighted by atomic mass is 16.5. The molecular formula is C17H18N2O3. The van der Waals surface area contributed by atoms with Crippen LogP contribution in [0.4, 0.5) is 5.69 Å². The van der Waals surface area contributed by atoms with Crippen molar-refractivity contribution in [1.82, 2.24) is 4.90 Å². The SMILES string of the molecule is COc1cccc(C(=O)Nc2ccccc2C(=O)N(C)C)c1. The molecule has 0 unspecified atom stereocenters. The van der Waals surface area contributed by atoms with Crippen molar-refractivity contribution in [3.8, 4) is 5.75 Å². The molecule has 2 aromatic carbocycles. The Morgan fingerprint density at radius 3 is 2.45 bits per heavy atom. The van der Waals surface area contributed by atoms with Gasteiger partial charge >= 0.3 is 0 Å². The molecule has 2 amide bonds. The number of hydrogen-bond donors (Lipinski definition) is 1. The number of para-hydroxylation sites is 1. The van der Waals surface area contributed by atoms with Crippen LogP contribution in [0.25, 0.3) is 0 Å². The molecule has 2 aromatic rings. The summed E-state index contributed by atoms with van der Waals surface area (Å²) in [5.74, 6) is 0.143. The third-order valence-electron chi connectivity index (χ3n) is 3.14. The van der Waals surface area contributed by atoms with Crippen molar-refractivity contribution in [3.63, 3.8) is 0 Å². The first-order valence-electron chi connectivity index (χ1n) is 6.79. The normalized spacial score (nSPS) is 9.95. The minimum atomic E-state index is -0.294. The molecule has 2 rings (SSSR count). The van der Waals surface area contributed by atoms with Crippen molar-refractivity contribution in [2.24, 2.45) is 0 Å². The highest BCUT2D eigenvalue weighted by Crippen LogP contribution is 2.19. The molecule has 5 nitrogen and oxygen atoms in total. The van der Waals surface area contributed by atoms with Gasteiger partial charge in [-0.1, -0.05) is 18.2 Å². The van der Waals surface area contributed by atoms with Crippen LogP contribution >= 0.6 is 0 Å². The zero-order valence-corrected chi connectivity index (χ0v) is 12.8. The number of hydrogen-bond acceptors (Lipinski definition) is 3. The largest absolute Gasteiger partial charge is 0.497 e. The molecule has 0 aromatic heterocycles. The van der Waals surface area contributed by atoms with Crippen LogP contribution in [-0.4, -0.2) is 37.9 Å². The van der Waals surface area contributed by atoms with Crippen LogP contribution in [0.1, 0.15) is 20.7 Å². The fraction of sp³-hybridized carbons (Fsp3) is 0.176. The van der Waals surface area contributed by atoms with Gasteiger partial charge in [-0.3, -0.25) is 9.59 Å². The summed E-state index contributed by atoms with van der Waals surface area (Å²) in [4.78, 5) is 25.9. The maximum absolute atomic E-state index is 12.3. The van der Waals surface area contributed by atoms with Crippen molar-refractivity contribution in [3.05, 3.63) is 59.7 Å². The van der Waals surface area contributed by atoms with Crippen LogP contribution in [0.15, 0.2) is 48.5 Å². The number of benzene rings is 2. The number of carbonyl (C=O) groups excluding carboxylic acids is 2. The fourth-order valence-corrected chi connectivity index (χ4v) is 1.98. The molecule has 0 spiro atoms. The Morgan fingerprint density at radius 1 is 1.05 bits per heavy atom. The molecule has 0 fully saturated rings. The molecule has 0 aliphatic rings.